The highest BCUT2D eigenvalue weighted by molar-refractivity contribution is 5.85. The number of nitrogens with one attached hydrogen (secondary N) is 2. The number of hydrogen-bond acceptors (Lipinski definition) is 5. The van der Waals surface area contributed by atoms with Crippen LogP contribution in [0.1, 0.15) is 0 Å². The minimum Gasteiger partial charge on any atom is -0.493 e. The molecule has 0 fully saturated rings. The molecule has 0 aliphatic rings. The maximum atomic E-state index is 11.6. The Morgan fingerprint density at radius 2 is 1.81 bits per heavy atom. The van der Waals surface area contributed by atoms with Crippen molar-refractivity contribution in [3.8, 4) is 11.5 Å². The van der Waals surface area contributed by atoms with Gasteiger partial charge in [0.1, 0.15) is 0 Å². The van der Waals surface area contributed by atoms with Crippen LogP contribution in [0.4, 0.5) is 0 Å². The van der Waals surface area contributed by atoms with Gasteiger partial charge in [-0.15, -0.1) is 12.4 Å². The number of carbonyl (C=O) groups excluding carboxylic acids is 1. The van der Waals surface area contributed by atoms with E-state index in [1.807, 2.05) is 12.1 Å². The lowest BCUT2D eigenvalue weighted by Crippen LogP contribution is -2.35. The van der Waals surface area contributed by atoms with Gasteiger partial charge in [-0.1, -0.05) is 12.1 Å². The van der Waals surface area contributed by atoms with Crippen LogP contribution in [0.25, 0.3) is 0 Å². The largest absolute Gasteiger partial charge is 0.493 e. The minimum absolute atomic E-state index is 0. The van der Waals surface area contributed by atoms with Crippen molar-refractivity contribution in [2.24, 2.45) is 0 Å². The quantitative estimate of drug-likeness (QED) is 0.626. The summed E-state index contributed by atoms with van der Waals surface area (Å²) >= 11 is 0. The first-order chi connectivity index (χ1) is 9.77. The third kappa shape index (κ3) is 8.39. The second kappa shape index (κ2) is 12.3. The fraction of sp³-hybridized carbons (Fsp3) is 0.500. The van der Waals surface area contributed by atoms with Crippen molar-refractivity contribution in [1.29, 1.82) is 0 Å². The number of carbonyl (C=O) groups is 1. The van der Waals surface area contributed by atoms with Gasteiger partial charge in [-0.05, 0) is 12.1 Å². The molecule has 21 heavy (non-hydrogen) atoms. The zero-order valence-corrected chi connectivity index (χ0v) is 13.2. The molecule has 1 aromatic carbocycles. The monoisotopic (exact) mass is 318 g/mol. The molecule has 0 heterocycles. The van der Waals surface area contributed by atoms with Crippen molar-refractivity contribution in [3.63, 3.8) is 0 Å². The smallest absolute Gasteiger partial charge is 0.257 e. The Bertz CT molecular complexity index is 404. The Labute approximate surface area is 131 Å². The van der Waals surface area contributed by atoms with Crippen molar-refractivity contribution < 1.29 is 19.0 Å². The Morgan fingerprint density at radius 1 is 1.10 bits per heavy atom. The molecular formula is C14H23ClN2O4. The third-order valence-electron chi connectivity index (χ3n) is 2.53. The maximum Gasteiger partial charge on any atom is 0.257 e. The first-order valence-electron chi connectivity index (χ1n) is 6.50. The molecule has 0 atom stereocenters. The molecule has 0 spiro atoms. The van der Waals surface area contributed by atoms with Crippen LogP contribution in [0.15, 0.2) is 24.3 Å². The van der Waals surface area contributed by atoms with Gasteiger partial charge in [-0.25, -0.2) is 0 Å². The number of para-hydroxylation sites is 2. The summed E-state index contributed by atoms with van der Waals surface area (Å²) in [6, 6.07) is 7.22. The van der Waals surface area contributed by atoms with Crippen molar-refractivity contribution in [2.45, 2.75) is 0 Å². The van der Waals surface area contributed by atoms with Crippen LogP contribution >= 0.6 is 12.4 Å². The van der Waals surface area contributed by atoms with Gasteiger partial charge in [0.2, 0.25) is 0 Å². The van der Waals surface area contributed by atoms with Gasteiger partial charge in [0.05, 0.1) is 13.7 Å². The predicted molar refractivity (Wildman–Crippen MR) is 83.5 cm³/mol. The van der Waals surface area contributed by atoms with Crippen molar-refractivity contribution in [1.82, 2.24) is 10.6 Å². The average Bonchev–Trinajstić information content (AvgIpc) is 2.49. The molecular weight excluding hydrogens is 296 g/mol. The number of amides is 1. The Hall–Kier alpha value is -1.50. The van der Waals surface area contributed by atoms with E-state index in [0.717, 1.165) is 6.54 Å². The molecule has 1 amide bonds. The Morgan fingerprint density at radius 3 is 2.48 bits per heavy atom. The van der Waals surface area contributed by atoms with Gasteiger partial charge in [-0.2, -0.15) is 0 Å². The molecule has 0 aliphatic carbocycles. The van der Waals surface area contributed by atoms with Crippen LogP contribution in [-0.4, -0.2) is 53.0 Å². The summed E-state index contributed by atoms with van der Waals surface area (Å²) in [4.78, 5) is 11.6. The summed E-state index contributed by atoms with van der Waals surface area (Å²) in [6.45, 7) is 2.65. The highest BCUT2D eigenvalue weighted by atomic mass is 35.5. The summed E-state index contributed by atoms with van der Waals surface area (Å²) in [5.41, 5.74) is 0. The second-order valence-electron chi connectivity index (χ2n) is 4.03. The molecule has 0 unspecified atom stereocenters. The molecule has 0 saturated carbocycles. The van der Waals surface area contributed by atoms with E-state index >= 15 is 0 Å². The van der Waals surface area contributed by atoms with E-state index < -0.39 is 0 Å². The molecule has 2 N–H and O–H groups in total. The van der Waals surface area contributed by atoms with Gasteiger partial charge in [0.25, 0.3) is 5.91 Å². The van der Waals surface area contributed by atoms with E-state index in [0.29, 0.717) is 31.2 Å². The summed E-state index contributed by atoms with van der Waals surface area (Å²) in [6.07, 6.45) is 0. The molecule has 0 saturated heterocycles. The number of benzene rings is 1. The van der Waals surface area contributed by atoms with Crippen LogP contribution in [0.2, 0.25) is 0 Å². The number of rotatable bonds is 10. The average molecular weight is 319 g/mol. The summed E-state index contributed by atoms with van der Waals surface area (Å²) in [5.74, 6) is 1.01. The molecule has 0 radical (unpaired) electrons. The third-order valence-corrected chi connectivity index (χ3v) is 2.53. The van der Waals surface area contributed by atoms with E-state index in [-0.39, 0.29) is 24.9 Å². The lowest BCUT2D eigenvalue weighted by molar-refractivity contribution is -0.123. The standard InChI is InChI=1S/C14H22N2O4.ClH/c1-18-10-9-15-7-8-16-14(17)11-20-13-6-4-3-5-12(13)19-2;/h3-6,15H,7-11H2,1-2H3,(H,16,17);1H. The van der Waals surface area contributed by atoms with E-state index in [1.54, 1.807) is 26.4 Å². The van der Waals surface area contributed by atoms with Gasteiger partial charge >= 0.3 is 0 Å². The normalized spacial score (nSPS) is 9.62. The number of ether oxygens (including phenoxy) is 3. The topological polar surface area (TPSA) is 68.8 Å². The van der Waals surface area contributed by atoms with Gasteiger partial charge in [0.15, 0.2) is 18.1 Å². The van der Waals surface area contributed by atoms with Crippen LogP contribution < -0.4 is 20.1 Å². The van der Waals surface area contributed by atoms with E-state index in [2.05, 4.69) is 10.6 Å². The second-order valence-corrected chi connectivity index (χ2v) is 4.03. The molecule has 6 nitrogen and oxygen atoms in total. The SMILES string of the molecule is COCCNCCNC(=O)COc1ccccc1OC.Cl. The van der Waals surface area contributed by atoms with Crippen LogP contribution in [0, 0.1) is 0 Å². The zero-order chi connectivity index (χ0) is 14.6. The van der Waals surface area contributed by atoms with E-state index in [9.17, 15) is 4.79 Å². The zero-order valence-electron chi connectivity index (χ0n) is 12.4. The Balaban J connectivity index is 0.00000400. The summed E-state index contributed by atoms with van der Waals surface area (Å²) in [5, 5.41) is 5.89. The predicted octanol–water partition coefficient (Wildman–Crippen LogP) is 0.848. The molecule has 0 aromatic heterocycles. The highest BCUT2D eigenvalue weighted by Crippen LogP contribution is 2.25. The van der Waals surface area contributed by atoms with Gasteiger partial charge in [0, 0.05) is 26.7 Å². The first-order valence-corrected chi connectivity index (χ1v) is 6.50. The maximum absolute atomic E-state index is 11.6. The van der Waals surface area contributed by atoms with Crippen LogP contribution in [0.3, 0.4) is 0 Å². The molecule has 120 valence electrons. The fourth-order valence-corrected chi connectivity index (χ4v) is 1.52. The highest BCUT2D eigenvalue weighted by Gasteiger charge is 2.05. The van der Waals surface area contributed by atoms with Crippen molar-refractivity contribution >= 4 is 18.3 Å². The number of halogens is 1. The number of hydrogen-bond donors (Lipinski definition) is 2. The fourth-order valence-electron chi connectivity index (χ4n) is 1.52. The van der Waals surface area contributed by atoms with Crippen LogP contribution in [0.5, 0.6) is 11.5 Å². The first kappa shape index (κ1) is 19.5. The summed E-state index contributed by atoms with van der Waals surface area (Å²) in [7, 11) is 3.21. The molecule has 7 heteroatoms. The number of methoxy groups -OCH3 is 2. The van der Waals surface area contributed by atoms with Crippen molar-refractivity contribution in [3.05, 3.63) is 24.3 Å². The molecule has 1 aromatic rings. The van der Waals surface area contributed by atoms with E-state index in [1.165, 1.54) is 0 Å². The lowest BCUT2D eigenvalue weighted by Gasteiger charge is -2.10. The van der Waals surface area contributed by atoms with Crippen molar-refractivity contribution in [2.75, 3.05) is 47.1 Å². The van der Waals surface area contributed by atoms with E-state index in [4.69, 9.17) is 14.2 Å². The van der Waals surface area contributed by atoms with Gasteiger partial charge in [-0.3, -0.25) is 4.79 Å². The Kier molecular flexibility index (Phi) is 11.4. The molecule has 1 rings (SSSR count). The lowest BCUT2D eigenvalue weighted by atomic mass is 10.3. The van der Waals surface area contributed by atoms with Crippen LogP contribution in [-0.2, 0) is 9.53 Å². The molecule has 0 bridgehead atoms. The van der Waals surface area contributed by atoms with Gasteiger partial charge < -0.3 is 24.8 Å². The minimum atomic E-state index is -0.163. The molecule has 0 aliphatic heterocycles. The summed E-state index contributed by atoms with van der Waals surface area (Å²) < 4.78 is 15.4.